The summed E-state index contributed by atoms with van der Waals surface area (Å²) >= 11 is 1.97. The quantitative estimate of drug-likeness (QED) is 0.469. The monoisotopic (exact) mass is 465 g/mol. The maximum atomic E-state index is 12.6. The van der Waals surface area contributed by atoms with E-state index >= 15 is 0 Å². The van der Waals surface area contributed by atoms with Crippen LogP contribution < -0.4 is 5.32 Å². The number of amides is 1. The van der Waals surface area contributed by atoms with Gasteiger partial charge in [0, 0.05) is 50.4 Å². The van der Waals surface area contributed by atoms with Crippen molar-refractivity contribution in [3.63, 3.8) is 0 Å². The number of phenolic OH excluding ortho intramolecular Hbond substituents is 2. The maximum Gasteiger partial charge on any atom is 0.255 e. The zero-order valence-electron chi connectivity index (χ0n) is 18.9. The van der Waals surface area contributed by atoms with Crippen molar-refractivity contribution in [2.24, 2.45) is 0 Å². The summed E-state index contributed by atoms with van der Waals surface area (Å²) in [6, 6.07) is 18.7. The van der Waals surface area contributed by atoms with Crippen molar-refractivity contribution >= 4 is 28.4 Å². The molecule has 1 aliphatic rings. The van der Waals surface area contributed by atoms with Gasteiger partial charge in [-0.3, -0.25) is 14.6 Å². The van der Waals surface area contributed by atoms with Crippen LogP contribution in [-0.4, -0.2) is 70.6 Å². The SMILES string of the molecule is CC(SCc1ccccc1)N1CCN(CCNC(=O)c2cc3cccc(O)c3cc2O)CC1. The van der Waals surface area contributed by atoms with Crippen molar-refractivity contribution in [3.8, 4) is 11.5 Å². The van der Waals surface area contributed by atoms with E-state index in [0.717, 1.165) is 38.5 Å². The predicted molar refractivity (Wildman–Crippen MR) is 135 cm³/mol. The van der Waals surface area contributed by atoms with E-state index in [0.29, 0.717) is 22.7 Å². The number of carbonyl (C=O) groups is 1. The molecule has 3 aromatic carbocycles. The number of aromatic hydroxyl groups is 2. The summed E-state index contributed by atoms with van der Waals surface area (Å²) in [6.45, 7) is 7.57. The second-order valence-corrected chi connectivity index (χ2v) is 9.70. The van der Waals surface area contributed by atoms with Crippen molar-refractivity contribution in [1.82, 2.24) is 15.1 Å². The van der Waals surface area contributed by atoms with Crippen LogP contribution >= 0.6 is 11.8 Å². The first-order valence-electron chi connectivity index (χ1n) is 11.4. The van der Waals surface area contributed by atoms with Crippen molar-refractivity contribution in [2.75, 3.05) is 39.3 Å². The van der Waals surface area contributed by atoms with Gasteiger partial charge < -0.3 is 15.5 Å². The fourth-order valence-corrected chi connectivity index (χ4v) is 5.20. The molecule has 1 aliphatic heterocycles. The summed E-state index contributed by atoms with van der Waals surface area (Å²) < 4.78 is 0. The summed E-state index contributed by atoms with van der Waals surface area (Å²) in [5.41, 5.74) is 1.58. The van der Waals surface area contributed by atoms with Gasteiger partial charge in [0.2, 0.25) is 0 Å². The molecular weight excluding hydrogens is 434 g/mol. The minimum Gasteiger partial charge on any atom is -0.507 e. The zero-order chi connectivity index (χ0) is 23.2. The van der Waals surface area contributed by atoms with Gasteiger partial charge in [-0.25, -0.2) is 0 Å². The van der Waals surface area contributed by atoms with E-state index < -0.39 is 0 Å². The van der Waals surface area contributed by atoms with E-state index in [9.17, 15) is 15.0 Å². The largest absolute Gasteiger partial charge is 0.507 e. The Hall–Kier alpha value is -2.74. The number of hydrogen-bond donors (Lipinski definition) is 3. The summed E-state index contributed by atoms with van der Waals surface area (Å²) in [7, 11) is 0. The fourth-order valence-electron chi connectivity index (χ4n) is 4.15. The Balaban J connectivity index is 1.21. The summed E-state index contributed by atoms with van der Waals surface area (Å²) in [5, 5.41) is 24.8. The minimum absolute atomic E-state index is 0.0849. The normalized spacial score (nSPS) is 16.0. The molecule has 33 heavy (non-hydrogen) atoms. The van der Waals surface area contributed by atoms with Gasteiger partial charge in [-0.05, 0) is 36.1 Å². The van der Waals surface area contributed by atoms with Gasteiger partial charge in [0.1, 0.15) is 11.5 Å². The van der Waals surface area contributed by atoms with Gasteiger partial charge >= 0.3 is 0 Å². The number of nitrogens with zero attached hydrogens (tertiary/aromatic N) is 2. The molecule has 1 atom stereocenters. The van der Waals surface area contributed by atoms with E-state index in [1.54, 1.807) is 18.2 Å². The van der Waals surface area contributed by atoms with Crippen LogP contribution in [0.1, 0.15) is 22.8 Å². The molecule has 1 amide bonds. The molecule has 0 radical (unpaired) electrons. The second kappa shape index (κ2) is 10.9. The van der Waals surface area contributed by atoms with Crippen LogP contribution in [0.25, 0.3) is 10.8 Å². The molecule has 0 spiro atoms. The number of hydrogen-bond acceptors (Lipinski definition) is 6. The van der Waals surface area contributed by atoms with E-state index in [4.69, 9.17) is 0 Å². The van der Waals surface area contributed by atoms with Gasteiger partial charge in [0.25, 0.3) is 5.91 Å². The molecular formula is C26H31N3O3S. The summed E-state index contributed by atoms with van der Waals surface area (Å²) in [5.74, 6) is 0.677. The third kappa shape index (κ3) is 5.99. The Morgan fingerprint density at radius 1 is 1.00 bits per heavy atom. The van der Waals surface area contributed by atoms with E-state index in [-0.39, 0.29) is 23.0 Å². The number of thioether (sulfide) groups is 1. The highest BCUT2D eigenvalue weighted by atomic mass is 32.2. The Bertz CT molecular complexity index is 1080. The molecule has 1 saturated heterocycles. The molecule has 1 unspecified atom stereocenters. The van der Waals surface area contributed by atoms with Crippen LogP contribution in [0, 0.1) is 0 Å². The van der Waals surface area contributed by atoms with Gasteiger partial charge in [-0.2, -0.15) is 0 Å². The average Bonchev–Trinajstić information content (AvgIpc) is 2.84. The lowest BCUT2D eigenvalue weighted by Gasteiger charge is -2.37. The molecule has 174 valence electrons. The minimum atomic E-state index is -0.303. The average molecular weight is 466 g/mol. The highest BCUT2D eigenvalue weighted by Crippen LogP contribution is 2.30. The van der Waals surface area contributed by atoms with Crippen LogP contribution in [0.4, 0.5) is 0 Å². The Labute approximate surface area is 199 Å². The standard InChI is InChI=1S/C26H31N3O3S/c1-19(33-18-20-6-3-2-4-7-20)29-14-12-28(13-15-29)11-10-27-26(32)23-16-21-8-5-9-24(30)22(21)17-25(23)31/h2-9,16-17,19,30-31H,10-15,18H2,1H3,(H,27,32). The fraction of sp³-hybridized carbons (Fsp3) is 0.346. The highest BCUT2D eigenvalue weighted by Gasteiger charge is 2.21. The number of piperazine rings is 1. The molecule has 0 aliphatic carbocycles. The lowest BCUT2D eigenvalue weighted by atomic mass is 10.0. The molecule has 0 bridgehead atoms. The topological polar surface area (TPSA) is 76.0 Å². The summed E-state index contributed by atoms with van der Waals surface area (Å²) in [4.78, 5) is 17.5. The van der Waals surface area contributed by atoms with Gasteiger partial charge in [-0.15, -0.1) is 11.8 Å². The van der Waals surface area contributed by atoms with E-state index in [1.165, 1.54) is 11.6 Å². The van der Waals surface area contributed by atoms with Crippen LogP contribution in [-0.2, 0) is 5.75 Å². The zero-order valence-corrected chi connectivity index (χ0v) is 19.7. The number of phenols is 2. The summed E-state index contributed by atoms with van der Waals surface area (Å²) in [6.07, 6.45) is 0. The van der Waals surface area contributed by atoms with Crippen molar-refractivity contribution in [3.05, 3.63) is 71.8 Å². The first-order valence-corrected chi connectivity index (χ1v) is 12.4. The van der Waals surface area contributed by atoms with Crippen molar-refractivity contribution in [2.45, 2.75) is 18.1 Å². The maximum absolute atomic E-state index is 12.6. The smallest absolute Gasteiger partial charge is 0.255 e. The van der Waals surface area contributed by atoms with Crippen LogP contribution in [0.15, 0.2) is 60.7 Å². The first-order chi connectivity index (χ1) is 16.0. The lowest BCUT2D eigenvalue weighted by Crippen LogP contribution is -2.50. The predicted octanol–water partition coefficient (Wildman–Crippen LogP) is 3.88. The third-order valence-corrected chi connectivity index (χ3v) is 7.47. The van der Waals surface area contributed by atoms with E-state index in [2.05, 4.69) is 52.4 Å². The first kappa shape index (κ1) is 23.4. The highest BCUT2D eigenvalue weighted by molar-refractivity contribution is 7.99. The number of benzene rings is 3. The van der Waals surface area contributed by atoms with Crippen molar-refractivity contribution in [1.29, 1.82) is 0 Å². The molecule has 0 aromatic heterocycles. The molecule has 7 heteroatoms. The third-order valence-electron chi connectivity index (χ3n) is 6.19. The molecule has 1 heterocycles. The molecule has 3 aromatic rings. The number of nitrogens with one attached hydrogen (secondary N) is 1. The molecule has 0 saturated carbocycles. The number of fused-ring (bicyclic) bond motifs is 1. The Kier molecular flexibility index (Phi) is 7.75. The Morgan fingerprint density at radius 3 is 2.52 bits per heavy atom. The van der Waals surface area contributed by atoms with Gasteiger partial charge in [0.15, 0.2) is 0 Å². The lowest BCUT2D eigenvalue weighted by molar-refractivity contribution is 0.0932. The van der Waals surface area contributed by atoms with Crippen LogP contribution in [0.5, 0.6) is 11.5 Å². The van der Waals surface area contributed by atoms with Crippen LogP contribution in [0.3, 0.4) is 0 Å². The van der Waals surface area contributed by atoms with Crippen LogP contribution in [0.2, 0.25) is 0 Å². The van der Waals surface area contributed by atoms with Gasteiger partial charge in [0.05, 0.1) is 10.9 Å². The molecule has 6 nitrogen and oxygen atoms in total. The number of rotatable bonds is 8. The molecule has 3 N–H and O–H groups in total. The number of carbonyl (C=O) groups excluding carboxylic acids is 1. The van der Waals surface area contributed by atoms with Gasteiger partial charge in [-0.1, -0.05) is 42.5 Å². The molecule has 4 rings (SSSR count). The Morgan fingerprint density at radius 2 is 1.76 bits per heavy atom. The molecule has 1 fully saturated rings. The van der Waals surface area contributed by atoms with Crippen molar-refractivity contribution < 1.29 is 15.0 Å². The second-order valence-electron chi connectivity index (χ2n) is 8.40. The van der Waals surface area contributed by atoms with E-state index in [1.807, 2.05) is 17.8 Å².